The van der Waals surface area contributed by atoms with E-state index in [-0.39, 0.29) is 17.2 Å². The summed E-state index contributed by atoms with van der Waals surface area (Å²) in [6.07, 6.45) is 9.34. The minimum absolute atomic E-state index is 0.0720. The number of carbonyl (C=O) groups is 1. The number of amides is 1. The van der Waals surface area contributed by atoms with Crippen LogP contribution in [0.2, 0.25) is 0 Å². The molecule has 4 N–H and O–H groups in total. The summed E-state index contributed by atoms with van der Waals surface area (Å²) < 4.78 is 6.91. The minimum Gasteiger partial charge on any atom is -0.493 e. The van der Waals surface area contributed by atoms with Crippen LogP contribution in [0.25, 0.3) is 0 Å². The second kappa shape index (κ2) is 8.71. The number of allylic oxidation sites excluding steroid dienone is 2. The first-order valence-electron chi connectivity index (χ1n) is 9.95. The van der Waals surface area contributed by atoms with Crippen LogP contribution in [0.5, 0.6) is 0 Å². The molecule has 30 heavy (non-hydrogen) atoms. The van der Waals surface area contributed by atoms with Crippen molar-refractivity contribution in [1.29, 1.82) is 5.41 Å². The smallest absolute Gasteiger partial charge is 0.263 e. The molecule has 0 saturated heterocycles. The monoisotopic (exact) mass is 412 g/mol. The highest BCUT2D eigenvalue weighted by molar-refractivity contribution is 5.96. The predicted octanol–water partition coefficient (Wildman–Crippen LogP) is 2.34. The lowest BCUT2D eigenvalue weighted by atomic mass is 10.0. The van der Waals surface area contributed by atoms with Gasteiger partial charge in [0.15, 0.2) is 5.76 Å². The Hall–Kier alpha value is -3.13. The fraction of sp³-hybridized carbons (Fsp3) is 0.409. The lowest BCUT2D eigenvalue weighted by Gasteiger charge is -2.19. The molecule has 3 rings (SSSR count). The van der Waals surface area contributed by atoms with Crippen molar-refractivity contribution in [2.75, 3.05) is 7.11 Å². The Bertz CT molecular complexity index is 991. The average Bonchev–Trinajstić information content (AvgIpc) is 3.51. The molecule has 1 amide bonds. The van der Waals surface area contributed by atoms with Crippen LogP contribution >= 0.6 is 0 Å². The number of nitrogens with one attached hydrogen (secondary N) is 3. The SMILES string of the molecule is COC1=CN/C(=C\C(=N)CCC(C)(C)O)C=C1NC(=O)c1cccn(C2CC2)c1=O. The number of ether oxygens (including phenoxy) is 1. The van der Waals surface area contributed by atoms with E-state index in [1.807, 2.05) is 0 Å². The van der Waals surface area contributed by atoms with Crippen LogP contribution in [0.4, 0.5) is 0 Å². The van der Waals surface area contributed by atoms with Gasteiger partial charge < -0.3 is 30.5 Å². The van der Waals surface area contributed by atoms with Gasteiger partial charge in [-0.15, -0.1) is 0 Å². The first-order chi connectivity index (χ1) is 14.2. The summed E-state index contributed by atoms with van der Waals surface area (Å²) in [6, 6.07) is 3.40. The molecule has 0 bridgehead atoms. The van der Waals surface area contributed by atoms with Gasteiger partial charge in [0.1, 0.15) is 5.56 Å². The Kier molecular flexibility index (Phi) is 6.26. The number of carbonyl (C=O) groups excluding carboxylic acids is 1. The standard InChI is InChI=1S/C22H28N4O4/c1-22(2,29)9-8-14(23)11-15-12-18(19(30-3)13-24-15)25-20(27)17-5-4-10-26(21(17)28)16-6-7-16/h4-5,10-13,16,23-24,29H,6-9H2,1-3H3,(H,25,27)/b15-11-,23-14?. The van der Waals surface area contributed by atoms with E-state index >= 15 is 0 Å². The van der Waals surface area contributed by atoms with E-state index in [2.05, 4.69) is 10.6 Å². The van der Waals surface area contributed by atoms with Gasteiger partial charge in [-0.3, -0.25) is 9.59 Å². The Morgan fingerprint density at radius 3 is 2.83 bits per heavy atom. The topological polar surface area (TPSA) is 116 Å². The summed E-state index contributed by atoms with van der Waals surface area (Å²) in [7, 11) is 1.48. The molecule has 0 spiro atoms. The van der Waals surface area contributed by atoms with Crippen LogP contribution in [-0.2, 0) is 4.74 Å². The highest BCUT2D eigenvalue weighted by atomic mass is 16.5. The molecule has 0 unspecified atom stereocenters. The van der Waals surface area contributed by atoms with E-state index in [1.54, 1.807) is 49.0 Å². The fourth-order valence-corrected chi connectivity index (χ4v) is 3.06. The summed E-state index contributed by atoms with van der Waals surface area (Å²) in [5.41, 5.74) is 0.249. The predicted molar refractivity (Wildman–Crippen MR) is 114 cm³/mol. The van der Waals surface area contributed by atoms with Crippen molar-refractivity contribution >= 4 is 11.6 Å². The molecule has 2 heterocycles. The Morgan fingerprint density at radius 2 is 2.20 bits per heavy atom. The summed E-state index contributed by atoms with van der Waals surface area (Å²) in [4.78, 5) is 25.4. The molecule has 8 nitrogen and oxygen atoms in total. The molecule has 0 atom stereocenters. The average molecular weight is 412 g/mol. The van der Waals surface area contributed by atoms with Gasteiger partial charge in [-0.1, -0.05) is 0 Å². The molecule has 8 heteroatoms. The number of dihydropyridines is 1. The van der Waals surface area contributed by atoms with Gasteiger partial charge in [-0.2, -0.15) is 0 Å². The number of hydrogen-bond donors (Lipinski definition) is 4. The van der Waals surface area contributed by atoms with Crippen molar-refractivity contribution in [2.24, 2.45) is 0 Å². The highest BCUT2D eigenvalue weighted by Crippen LogP contribution is 2.33. The van der Waals surface area contributed by atoms with Crippen molar-refractivity contribution in [1.82, 2.24) is 15.2 Å². The van der Waals surface area contributed by atoms with Crippen molar-refractivity contribution in [3.8, 4) is 0 Å². The molecule has 0 aromatic carbocycles. The van der Waals surface area contributed by atoms with E-state index in [0.29, 0.717) is 35.7 Å². The third-order valence-electron chi connectivity index (χ3n) is 4.90. The van der Waals surface area contributed by atoms with Crippen molar-refractivity contribution in [2.45, 2.75) is 51.2 Å². The molecule has 1 aliphatic heterocycles. The normalized spacial score (nSPS) is 17.7. The van der Waals surface area contributed by atoms with Gasteiger partial charge in [0.25, 0.3) is 11.5 Å². The van der Waals surface area contributed by atoms with Gasteiger partial charge in [0.2, 0.25) is 0 Å². The second-order valence-corrected chi connectivity index (χ2v) is 8.17. The maximum absolute atomic E-state index is 12.8. The van der Waals surface area contributed by atoms with Gasteiger partial charge in [-0.05, 0) is 63.8 Å². The number of rotatable bonds is 8. The Labute approximate surface area is 175 Å². The number of pyridine rings is 1. The number of hydrogen-bond acceptors (Lipinski definition) is 6. The van der Waals surface area contributed by atoms with E-state index < -0.39 is 11.5 Å². The first-order valence-corrected chi connectivity index (χ1v) is 9.95. The van der Waals surface area contributed by atoms with Gasteiger partial charge in [-0.25, -0.2) is 0 Å². The molecule has 1 saturated carbocycles. The summed E-state index contributed by atoms with van der Waals surface area (Å²) in [5.74, 6) is -0.107. The van der Waals surface area contributed by atoms with Crippen LogP contribution in [0.1, 0.15) is 55.9 Å². The van der Waals surface area contributed by atoms with E-state index in [9.17, 15) is 14.7 Å². The maximum atomic E-state index is 12.8. The van der Waals surface area contributed by atoms with Crippen LogP contribution in [0, 0.1) is 5.41 Å². The number of methoxy groups -OCH3 is 1. The van der Waals surface area contributed by atoms with Crippen LogP contribution in [-0.4, -0.2) is 34.0 Å². The molecular weight excluding hydrogens is 384 g/mol. The largest absolute Gasteiger partial charge is 0.493 e. The van der Waals surface area contributed by atoms with Crippen LogP contribution in [0.15, 0.2) is 58.6 Å². The third-order valence-corrected chi connectivity index (χ3v) is 4.90. The summed E-state index contributed by atoms with van der Waals surface area (Å²) >= 11 is 0. The molecule has 1 aromatic rings. The van der Waals surface area contributed by atoms with Crippen LogP contribution in [0.3, 0.4) is 0 Å². The zero-order valence-corrected chi connectivity index (χ0v) is 17.5. The molecule has 0 radical (unpaired) electrons. The first kappa shape index (κ1) is 21.6. The minimum atomic E-state index is -0.841. The quantitative estimate of drug-likeness (QED) is 0.489. The van der Waals surface area contributed by atoms with Crippen LogP contribution < -0.4 is 16.2 Å². The van der Waals surface area contributed by atoms with Crippen molar-refractivity contribution in [3.05, 3.63) is 69.8 Å². The number of aliphatic hydroxyl groups is 1. The number of nitrogens with zero attached hydrogens (tertiary/aromatic N) is 1. The fourth-order valence-electron chi connectivity index (χ4n) is 3.06. The zero-order valence-electron chi connectivity index (χ0n) is 17.5. The zero-order chi connectivity index (χ0) is 21.9. The molecular formula is C22H28N4O4. The van der Waals surface area contributed by atoms with E-state index in [0.717, 1.165) is 12.8 Å². The van der Waals surface area contributed by atoms with Gasteiger partial charge >= 0.3 is 0 Å². The third kappa shape index (κ3) is 5.48. The Morgan fingerprint density at radius 1 is 1.47 bits per heavy atom. The molecule has 160 valence electrons. The lowest BCUT2D eigenvalue weighted by molar-refractivity contribution is 0.0733. The van der Waals surface area contributed by atoms with Gasteiger partial charge in [0.05, 0.1) is 18.4 Å². The van der Waals surface area contributed by atoms with Crippen molar-refractivity contribution < 1.29 is 14.6 Å². The Balaban J connectivity index is 1.77. The maximum Gasteiger partial charge on any atom is 0.263 e. The highest BCUT2D eigenvalue weighted by Gasteiger charge is 2.26. The number of aromatic nitrogens is 1. The lowest BCUT2D eigenvalue weighted by Crippen LogP contribution is -2.34. The summed E-state index contributed by atoms with van der Waals surface area (Å²) in [5, 5.41) is 23.7. The van der Waals surface area contributed by atoms with E-state index in [4.69, 9.17) is 10.1 Å². The summed E-state index contributed by atoms with van der Waals surface area (Å²) in [6.45, 7) is 3.41. The van der Waals surface area contributed by atoms with Gasteiger partial charge in [0, 0.05) is 29.8 Å². The molecule has 1 aromatic heterocycles. The molecule has 1 fully saturated rings. The molecule has 1 aliphatic carbocycles. The second-order valence-electron chi connectivity index (χ2n) is 8.17. The van der Waals surface area contributed by atoms with E-state index in [1.165, 1.54) is 13.2 Å². The van der Waals surface area contributed by atoms with Crippen molar-refractivity contribution in [3.63, 3.8) is 0 Å². The molecule has 2 aliphatic rings.